The first-order valence-corrected chi connectivity index (χ1v) is 29.7. The van der Waals surface area contributed by atoms with E-state index in [4.69, 9.17) is 54.2 Å². The number of carbonyl (C=O) groups is 3. The molecular formula is C61H93ClO19. The van der Waals surface area contributed by atoms with Gasteiger partial charge in [0, 0.05) is 94.6 Å². The van der Waals surface area contributed by atoms with Gasteiger partial charge in [0.2, 0.25) is 0 Å². The van der Waals surface area contributed by atoms with Gasteiger partial charge in [0.1, 0.15) is 30.2 Å². The summed E-state index contributed by atoms with van der Waals surface area (Å²) < 4.78 is 57.6. The second-order valence-corrected chi connectivity index (χ2v) is 25.6. The quantitative estimate of drug-likeness (QED) is 0.0790. The number of ether oxygens (including phenoxy) is 9. The Kier molecular flexibility index (Phi) is 22.3. The number of esters is 2. The maximum absolute atomic E-state index is 14.4. The van der Waals surface area contributed by atoms with Crippen LogP contribution in [-0.2, 0) is 57.0 Å². The fraction of sp³-hybridized carbons (Fsp3) is 0.787. The lowest BCUT2D eigenvalue weighted by Gasteiger charge is -2.51. The minimum Gasteiger partial charge on any atom is -0.461 e. The molecule has 458 valence electrons. The number of aliphatic hydroxyl groups is 7. The van der Waals surface area contributed by atoms with E-state index < -0.39 is 144 Å². The van der Waals surface area contributed by atoms with Crippen LogP contribution in [0.5, 0.6) is 0 Å². The van der Waals surface area contributed by atoms with E-state index in [9.17, 15) is 50.1 Å². The van der Waals surface area contributed by atoms with Crippen molar-refractivity contribution in [3.63, 3.8) is 0 Å². The van der Waals surface area contributed by atoms with Crippen LogP contribution in [0, 0.1) is 23.7 Å². The van der Waals surface area contributed by atoms with Crippen molar-refractivity contribution in [2.24, 2.45) is 23.7 Å². The molecule has 0 radical (unpaired) electrons. The first-order chi connectivity index (χ1) is 38.0. The minimum atomic E-state index is -2.36. The predicted molar refractivity (Wildman–Crippen MR) is 297 cm³/mol. The van der Waals surface area contributed by atoms with Gasteiger partial charge in [0.05, 0.1) is 85.1 Å². The van der Waals surface area contributed by atoms with Gasteiger partial charge >= 0.3 is 11.9 Å². The van der Waals surface area contributed by atoms with Gasteiger partial charge in [0.25, 0.3) is 0 Å². The highest BCUT2D eigenvalue weighted by Gasteiger charge is 2.57. The normalized spacial score (nSPS) is 44.9. The zero-order chi connectivity index (χ0) is 59.4. The van der Waals surface area contributed by atoms with Gasteiger partial charge in [-0.25, -0.2) is 0 Å². The summed E-state index contributed by atoms with van der Waals surface area (Å²) in [6.07, 6.45) is -4.25. The van der Waals surface area contributed by atoms with E-state index in [0.29, 0.717) is 68.9 Å². The van der Waals surface area contributed by atoms with Crippen LogP contribution in [0.1, 0.15) is 157 Å². The van der Waals surface area contributed by atoms with Crippen LogP contribution in [0.4, 0.5) is 0 Å². The van der Waals surface area contributed by atoms with Crippen LogP contribution in [0.25, 0.3) is 0 Å². The molecule has 7 aliphatic rings. The van der Waals surface area contributed by atoms with E-state index in [-0.39, 0.29) is 74.7 Å². The summed E-state index contributed by atoms with van der Waals surface area (Å²) in [6, 6.07) is 0. The number of aliphatic hydroxyl groups excluding tert-OH is 5. The SMILES string of the molecule is C=C(Cl)C=CC(O)CC(=C)CC1OC2C(C)C(OC(=O)CC3CCCC4(CC(C)(O)CC(CC(=C)C(C)C(OC(C)=O)C(C)C(=O)CC5CC(OC)CC6(CC(O)CC(C=CCCCC7OC(O)(CC(O)C7C)C2O)O6)O5)O4)O3)C1O. The third kappa shape index (κ3) is 16.9. The number of hydrogen-bond donors (Lipinski definition) is 7. The molecule has 6 fully saturated rings. The van der Waals surface area contributed by atoms with E-state index in [1.54, 1.807) is 34.8 Å². The maximum atomic E-state index is 14.4. The van der Waals surface area contributed by atoms with Crippen LogP contribution in [0.3, 0.4) is 0 Å². The summed E-state index contributed by atoms with van der Waals surface area (Å²) in [5, 5.41) is 82.2. The average molecular weight is 1170 g/mol. The lowest BCUT2D eigenvalue weighted by atomic mass is 9.78. The standard InChI is InChI=1S/C61H93ClO19/c1-33(21-41(64)19-18-35(3)62)22-51-53(69)55-39(7)56(75-51)57(70)61(72)31-49(67)37(5)50(81-61)17-13-11-12-15-43-24-42(65)28-60(78-43)30-46(73-10)25-45(79-60)26-48(66)38(6)54(74-40(8)63)36(4)34(2)23-47-29-58(9,71)32-59(80-47)20-14-16-44(77-59)27-52(68)76-55/h12,15,18-19,36-39,41-47,49-51,53-57,64-65,67,69-72H,1-3,11,13-14,16-17,20-32H2,4-10H3. The van der Waals surface area contributed by atoms with Crippen LogP contribution in [0.15, 0.2) is 60.2 Å². The van der Waals surface area contributed by atoms with Crippen LogP contribution >= 0.6 is 11.6 Å². The Morgan fingerprint density at radius 1 is 0.864 bits per heavy atom. The van der Waals surface area contributed by atoms with Gasteiger partial charge in [-0.2, -0.15) is 0 Å². The Labute approximate surface area is 483 Å². The zero-order valence-corrected chi connectivity index (χ0v) is 49.3. The average Bonchev–Trinajstić information content (AvgIpc) is 3.54. The number of fused-ring (bicyclic) bond motifs is 8. The third-order valence-electron chi connectivity index (χ3n) is 18.0. The Morgan fingerprint density at radius 3 is 2.28 bits per heavy atom. The number of rotatable bonds is 8. The molecule has 0 saturated carbocycles. The molecule has 81 heavy (non-hydrogen) atoms. The molecule has 2 spiro atoms. The molecule has 20 heteroatoms. The summed E-state index contributed by atoms with van der Waals surface area (Å²) in [6.45, 7) is 22.1. The highest BCUT2D eigenvalue weighted by Crippen LogP contribution is 2.47. The molecule has 0 aromatic rings. The van der Waals surface area contributed by atoms with Crippen molar-refractivity contribution in [3.05, 3.63) is 60.2 Å². The predicted octanol–water partition coefficient (Wildman–Crippen LogP) is 6.37. The molecule has 7 N–H and O–H groups in total. The van der Waals surface area contributed by atoms with Gasteiger partial charge in [-0.05, 0) is 64.4 Å². The van der Waals surface area contributed by atoms with E-state index in [1.807, 2.05) is 19.1 Å². The molecule has 6 saturated heterocycles. The maximum Gasteiger partial charge on any atom is 0.308 e. The van der Waals surface area contributed by atoms with E-state index >= 15 is 0 Å². The highest BCUT2D eigenvalue weighted by atomic mass is 35.5. The van der Waals surface area contributed by atoms with Crippen LogP contribution < -0.4 is 0 Å². The van der Waals surface area contributed by atoms with Crippen molar-refractivity contribution in [2.75, 3.05) is 7.11 Å². The Morgan fingerprint density at radius 2 is 1.58 bits per heavy atom. The van der Waals surface area contributed by atoms with Gasteiger partial charge in [-0.1, -0.05) is 88.4 Å². The van der Waals surface area contributed by atoms with Crippen molar-refractivity contribution in [3.8, 4) is 0 Å². The fourth-order valence-electron chi connectivity index (χ4n) is 13.8. The lowest BCUT2D eigenvalue weighted by Crippen LogP contribution is -2.65. The van der Waals surface area contributed by atoms with Crippen molar-refractivity contribution < 1.29 is 92.8 Å². The number of allylic oxidation sites excluding steroid dienone is 3. The highest BCUT2D eigenvalue weighted by molar-refractivity contribution is 6.30. The smallest absolute Gasteiger partial charge is 0.308 e. The summed E-state index contributed by atoms with van der Waals surface area (Å²) >= 11 is 5.88. The lowest BCUT2D eigenvalue weighted by molar-refractivity contribution is -0.350. The molecule has 10 bridgehead atoms. The van der Waals surface area contributed by atoms with E-state index in [0.717, 1.165) is 0 Å². The largest absolute Gasteiger partial charge is 0.461 e. The minimum absolute atomic E-state index is 0.0350. The molecule has 0 aromatic carbocycles. The third-order valence-corrected chi connectivity index (χ3v) is 18.1. The second-order valence-electron chi connectivity index (χ2n) is 25.2. The van der Waals surface area contributed by atoms with Crippen molar-refractivity contribution in [1.29, 1.82) is 0 Å². The van der Waals surface area contributed by atoms with Crippen molar-refractivity contribution in [2.45, 2.75) is 272 Å². The molecule has 23 unspecified atom stereocenters. The monoisotopic (exact) mass is 1160 g/mol. The molecule has 0 aliphatic carbocycles. The first kappa shape index (κ1) is 65.6. The number of hydrogen-bond acceptors (Lipinski definition) is 19. The van der Waals surface area contributed by atoms with Gasteiger partial charge in [-0.15, -0.1) is 0 Å². The van der Waals surface area contributed by atoms with Crippen molar-refractivity contribution in [1.82, 2.24) is 0 Å². The number of halogens is 1. The number of carbonyl (C=O) groups excluding carboxylic acids is 3. The van der Waals surface area contributed by atoms with E-state index in [2.05, 4.69) is 19.7 Å². The Balaban J connectivity index is 1.18. The van der Waals surface area contributed by atoms with Gasteiger partial charge in [-0.3, -0.25) is 14.4 Å². The molecule has 7 rings (SSSR count). The molecule has 23 atom stereocenters. The Hall–Kier alpha value is -2.96. The number of methoxy groups -OCH3 is 1. The number of ketones is 1. The zero-order valence-electron chi connectivity index (χ0n) is 48.5. The summed E-state index contributed by atoms with van der Waals surface area (Å²) in [5.41, 5.74) is -0.220. The topological polar surface area (TPSA) is 276 Å². The molecular weight excluding hydrogens is 1070 g/mol. The fourth-order valence-corrected chi connectivity index (χ4v) is 13.8. The van der Waals surface area contributed by atoms with Gasteiger partial charge in [0.15, 0.2) is 17.4 Å². The molecule has 0 aromatic heterocycles. The summed E-state index contributed by atoms with van der Waals surface area (Å²) in [7, 11) is 1.59. The molecule has 0 amide bonds. The second kappa shape index (κ2) is 27.6. The van der Waals surface area contributed by atoms with E-state index in [1.165, 1.54) is 19.1 Å². The molecule has 7 heterocycles. The van der Waals surface area contributed by atoms with Gasteiger partial charge < -0.3 is 78.4 Å². The first-order valence-electron chi connectivity index (χ1n) is 29.4. The van der Waals surface area contributed by atoms with Crippen molar-refractivity contribution >= 4 is 29.3 Å². The van der Waals surface area contributed by atoms with Crippen LogP contribution in [-0.4, -0.2) is 175 Å². The van der Waals surface area contributed by atoms with Crippen LogP contribution in [0.2, 0.25) is 0 Å². The summed E-state index contributed by atoms with van der Waals surface area (Å²) in [4.78, 5) is 41.3. The number of Topliss-reactive ketones (excluding diaryl/α,β-unsaturated/α-hetero) is 1. The molecule has 7 aliphatic heterocycles. The molecule has 19 nitrogen and oxygen atoms in total. The Bertz CT molecular complexity index is 2270. The summed E-state index contributed by atoms with van der Waals surface area (Å²) in [5.74, 6) is -9.24.